The zero-order chi connectivity index (χ0) is 9.47. The van der Waals surface area contributed by atoms with Gasteiger partial charge in [-0.05, 0) is 6.07 Å². The fraction of sp³-hybridized carbons (Fsp3) is 0.556. The van der Waals surface area contributed by atoms with Crippen LogP contribution in [-0.2, 0) is 19.5 Å². The number of fused-ring (bicyclic) bond motifs is 1. The number of alkyl halides is 2. The van der Waals surface area contributed by atoms with E-state index in [1.165, 1.54) is 6.07 Å². The Kier molecular flexibility index (Phi) is 1.87. The molecular formula is C9H12F2N2. The maximum atomic E-state index is 13.4. The summed E-state index contributed by atoms with van der Waals surface area (Å²) in [5.41, 5.74) is 0.877. The Labute approximate surface area is 75.6 Å². The van der Waals surface area contributed by atoms with Gasteiger partial charge in [0.2, 0.25) is 0 Å². The monoisotopic (exact) mass is 186 g/mol. The number of aryl methyl sites for hydroxylation is 1. The second-order valence-corrected chi connectivity index (χ2v) is 3.42. The molecule has 1 aromatic heterocycles. The lowest BCUT2D eigenvalue weighted by atomic mass is 10.1. The van der Waals surface area contributed by atoms with Gasteiger partial charge in [0, 0.05) is 44.0 Å². The molecule has 2 heterocycles. The fourth-order valence-corrected chi connectivity index (χ4v) is 1.70. The second kappa shape index (κ2) is 2.80. The molecule has 13 heavy (non-hydrogen) atoms. The molecule has 2 nitrogen and oxygen atoms in total. The Morgan fingerprint density at radius 3 is 3.08 bits per heavy atom. The van der Waals surface area contributed by atoms with Crippen LogP contribution in [0.15, 0.2) is 12.3 Å². The number of rotatable bonds is 0. The maximum Gasteiger partial charge on any atom is 0.276 e. The molecule has 4 heteroatoms. The zero-order valence-corrected chi connectivity index (χ0v) is 7.48. The van der Waals surface area contributed by atoms with E-state index in [1.54, 1.807) is 17.8 Å². The average Bonchev–Trinajstić information content (AvgIpc) is 2.34. The summed E-state index contributed by atoms with van der Waals surface area (Å²) >= 11 is 0. The van der Waals surface area contributed by atoms with Gasteiger partial charge in [-0.1, -0.05) is 0 Å². The first-order chi connectivity index (χ1) is 6.11. The van der Waals surface area contributed by atoms with Gasteiger partial charge in [0.25, 0.3) is 5.92 Å². The predicted molar refractivity (Wildman–Crippen MR) is 45.6 cm³/mol. The van der Waals surface area contributed by atoms with E-state index in [0.29, 0.717) is 18.8 Å². The molecule has 0 atom stereocenters. The number of hydrogen-bond donors (Lipinski definition) is 1. The first-order valence-corrected chi connectivity index (χ1v) is 4.34. The van der Waals surface area contributed by atoms with Crippen LogP contribution in [-0.4, -0.2) is 11.1 Å². The van der Waals surface area contributed by atoms with Gasteiger partial charge in [-0.15, -0.1) is 0 Å². The number of halogens is 2. The van der Waals surface area contributed by atoms with E-state index in [0.717, 1.165) is 0 Å². The van der Waals surface area contributed by atoms with Crippen LogP contribution in [0.3, 0.4) is 0 Å². The normalized spacial score (nSPS) is 20.8. The van der Waals surface area contributed by atoms with Crippen LogP contribution < -0.4 is 5.32 Å². The molecule has 1 aromatic rings. The number of nitrogens with one attached hydrogen (secondary N) is 1. The molecule has 0 bridgehead atoms. The van der Waals surface area contributed by atoms with Crippen molar-refractivity contribution in [1.82, 2.24) is 9.88 Å². The van der Waals surface area contributed by atoms with Gasteiger partial charge < -0.3 is 9.88 Å². The van der Waals surface area contributed by atoms with Crippen molar-refractivity contribution in [2.75, 3.05) is 6.54 Å². The molecule has 0 fully saturated rings. The summed E-state index contributed by atoms with van der Waals surface area (Å²) in [5, 5.41) is 2.99. The molecule has 0 saturated heterocycles. The third-order valence-electron chi connectivity index (χ3n) is 2.50. The summed E-state index contributed by atoms with van der Waals surface area (Å²) < 4.78 is 28.6. The summed E-state index contributed by atoms with van der Waals surface area (Å²) in [7, 11) is 1.79. The van der Waals surface area contributed by atoms with E-state index in [2.05, 4.69) is 5.32 Å². The van der Waals surface area contributed by atoms with E-state index in [9.17, 15) is 8.78 Å². The highest BCUT2D eigenvalue weighted by atomic mass is 19.3. The fourth-order valence-electron chi connectivity index (χ4n) is 1.70. The highest BCUT2D eigenvalue weighted by Crippen LogP contribution is 2.35. The van der Waals surface area contributed by atoms with Crippen molar-refractivity contribution in [2.45, 2.75) is 18.9 Å². The van der Waals surface area contributed by atoms with E-state index in [1.807, 2.05) is 0 Å². The number of nitrogens with zero attached hydrogens (tertiary/aromatic N) is 1. The third kappa shape index (κ3) is 1.35. The molecule has 0 aromatic carbocycles. The predicted octanol–water partition coefficient (Wildman–Crippen LogP) is 1.61. The standard InChI is InChI=1S/C9H12F2N2/c1-13-5-2-7-8(13)6-12-4-3-9(7,10)11/h2,5,12H,3-4,6H2,1H3. The molecule has 0 saturated carbocycles. The molecule has 0 aliphatic carbocycles. The van der Waals surface area contributed by atoms with Crippen molar-refractivity contribution >= 4 is 0 Å². The molecule has 0 unspecified atom stereocenters. The van der Waals surface area contributed by atoms with E-state index in [-0.39, 0.29) is 12.0 Å². The largest absolute Gasteiger partial charge is 0.353 e. The van der Waals surface area contributed by atoms with Gasteiger partial charge in [-0.2, -0.15) is 0 Å². The van der Waals surface area contributed by atoms with Crippen molar-refractivity contribution in [3.63, 3.8) is 0 Å². The Bertz CT molecular complexity index is 317. The maximum absolute atomic E-state index is 13.4. The van der Waals surface area contributed by atoms with Crippen LogP contribution in [0.25, 0.3) is 0 Å². The number of aromatic nitrogens is 1. The summed E-state index contributed by atoms with van der Waals surface area (Å²) in [4.78, 5) is 0. The average molecular weight is 186 g/mol. The van der Waals surface area contributed by atoms with Gasteiger partial charge in [0.05, 0.1) is 0 Å². The summed E-state index contributed by atoms with van der Waals surface area (Å²) in [6.07, 6.45) is 1.58. The van der Waals surface area contributed by atoms with Crippen molar-refractivity contribution in [1.29, 1.82) is 0 Å². The van der Waals surface area contributed by atoms with Crippen molar-refractivity contribution in [2.24, 2.45) is 7.05 Å². The van der Waals surface area contributed by atoms with E-state index in [4.69, 9.17) is 0 Å². The Morgan fingerprint density at radius 2 is 2.31 bits per heavy atom. The minimum Gasteiger partial charge on any atom is -0.353 e. The van der Waals surface area contributed by atoms with Gasteiger partial charge in [-0.3, -0.25) is 0 Å². The van der Waals surface area contributed by atoms with Gasteiger partial charge in [-0.25, -0.2) is 8.78 Å². The SMILES string of the molecule is Cn1ccc2c1CNCCC2(F)F. The van der Waals surface area contributed by atoms with E-state index < -0.39 is 5.92 Å². The lowest BCUT2D eigenvalue weighted by molar-refractivity contribution is -0.0106. The highest BCUT2D eigenvalue weighted by molar-refractivity contribution is 5.28. The quantitative estimate of drug-likeness (QED) is 0.651. The summed E-state index contributed by atoms with van der Waals surface area (Å²) in [6.45, 7) is 0.913. The first kappa shape index (κ1) is 8.69. The molecule has 72 valence electrons. The molecule has 0 spiro atoms. The topological polar surface area (TPSA) is 17.0 Å². The van der Waals surface area contributed by atoms with Gasteiger partial charge in [0.15, 0.2) is 0 Å². The van der Waals surface area contributed by atoms with Crippen LogP contribution >= 0.6 is 0 Å². The summed E-state index contributed by atoms with van der Waals surface area (Å²) in [5.74, 6) is -2.67. The zero-order valence-electron chi connectivity index (χ0n) is 7.48. The van der Waals surface area contributed by atoms with Gasteiger partial charge >= 0.3 is 0 Å². The molecule has 0 radical (unpaired) electrons. The van der Waals surface area contributed by atoms with Crippen LogP contribution in [0.4, 0.5) is 8.78 Å². The highest BCUT2D eigenvalue weighted by Gasteiger charge is 2.36. The Balaban J connectivity index is 2.49. The summed E-state index contributed by atoms with van der Waals surface area (Å²) in [6, 6.07) is 1.52. The number of hydrogen-bond acceptors (Lipinski definition) is 1. The van der Waals surface area contributed by atoms with Crippen LogP contribution in [0, 0.1) is 0 Å². The van der Waals surface area contributed by atoms with Crippen molar-refractivity contribution < 1.29 is 8.78 Å². The molecule has 0 amide bonds. The molecule has 2 rings (SSSR count). The Morgan fingerprint density at radius 1 is 1.54 bits per heavy atom. The van der Waals surface area contributed by atoms with Crippen LogP contribution in [0.2, 0.25) is 0 Å². The smallest absolute Gasteiger partial charge is 0.276 e. The van der Waals surface area contributed by atoms with Crippen LogP contribution in [0.1, 0.15) is 17.7 Å². The lowest BCUT2D eigenvalue weighted by Crippen LogP contribution is -2.17. The molecule has 1 N–H and O–H groups in total. The lowest BCUT2D eigenvalue weighted by Gasteiger charge is -2.13. The third-order valence-corrected chi connectivity index (χ3v) is 2.50. The molecular weight excluding hydrogens is 174 g/mol. The van der Waals surface area contributed by atoms with Gasteiger partial charge in [0.1, 0.15) is 0 Å². The minimum absolute atomic E-state index is 0.107. The minimum atomic E-state index is -2.67. The molecule has 1 aliphatic rings. The molecule has 1 aliphatic heterocycles. The second-order valence-electron chi connectivity index (χ2n) is 3.42. The van der Waals surface area contributed by atoms with Crippen molar-refractivity contribution in [3.05, 3.63) is 23.5 Å². The van der Waals surface area contributed by atoms with E-state index >= 15 is 0 Å². The van der Waals surface area contributed by atoms with Crippen molar-refractivity contribution in [3.8, 4) is 0 Å². The first-order valence-electron chi connectivity index (χ1n) is 4.34. The van der Waals surface area contributed by atoms with Crippen LogP contribution in [0.5, 0.6) is 0 Å². The Hall–Kier alpha value is -0.900.